The third-order valence-corrected chi connectivity index (χ3v) is 4.64. The van der Waals surface area contributed by atoms with Gasteiger partial charge in [0.05, 0.1) is 12.2 Å². The first kappa shape index (κ1) is 21.3. The maximum Gasteiger partial charge on any atom is 0.238 e. The third-order valence-electron chi connectivity index (χ3n) is 4.64. The van der Waals surface area contributed by atoms with Crippen LogP contribution in [0.1, 0.15) is 41.9 Å². The first-order valence-electron chi connectivity index (χ1n) is 9.97. The van der Waals surface area contributed by atoms with Gasteiger partial charge in [-0.2, -0.15) is 0 Å². The lowest BCUT2D eigenvalue weighted by Gasteiger charge is -2.12. The average molecular weight is 403 g/mol. The Hall–Kier alpha value is -3.45. The fourth-order valence-electron chi connectivity index (χ4n) is 3.01. The van der Waals surface area contributed by atoms with Crippen LogP contribution in [-0.2, 0) is 17.8 Å². The highest BCUT2D eigenvalue weighted by Gasteiger charge is 2.15. The van der Waals surface area contributed by atoms with Gasteiger partial charge in [0.15, 0.2) is 5.78 Å². The van der Waals surface area contributed by atoms with Crippen molar-refractivity contribution in [3.63, 3.8) is 0 Å². The molecule has 0 aliphatic heterocycles. The molecular weight excluding hydrogens is 378 g/mol. The molecule has 7 nitrogen and oxygen atoms in total. The van der Waals surface area contributed by atoms with Gasteiger partial charge in [0.25, 0.3) is 0 Å². The Kier molecular flexibility index (Phi) is 7.34. The highest BCUT2D eigenvalue weighted by atomic mass is 16.2. The Labute approximate surface area is 176 Å². The van der Waals surface area contributed by atoms with Crippen molar-refractivity contribution in [1.29, 1.82) is 0 Å². The van der Waals surface area contributed by atoms with Gasteiger partial charge in [0.2, 0.25) is 5.91 Å². The standard InChI is InChI=1S/C23H25N5O2/c1-3-16-6-5-7-18(8-16)19-9-20(23(27-13-19)21(29)4-2)28-22(30)14-24-10-17-11-25-15-26-12-17/h5-9,11-13,15,24H,3-4,10,14H2,1-2H3,(H,28,30). The van der Waals surface area contributed by atoms with Gasteiger partial charge in [-0.3, -0.25) is 14.6 Å². The number of carbonyl (C=O) groups excluding carboxylic acids is 2. The van der Waals surface area contributed by atoms with Crippen molar-refractivity contribution >= 4 is 17.4 Å². The van der Waals surface area contributed by atoms with Crippen LogP contribution in [-0.4, -0.2) is 33.2 Å². The third kappa shape index (κ3) is 5.55. The molecule has 2 heterocycles. The fraction of sp³-hybridized carbons (Fsp3) is 0.261. The van der Waals surface area contributed by atoms with Crippen molar-refractivity contribution in [3.8, 4) is 11.1 Å². The van der Waals surface area contributed by atoms with E-state index < -0.39 is 0 Å². The summed E-state index contributed by atoms with van der Waals surface area (Å²) < 4.78 is 0. The first-order chi connectivity index (χ1) is 14.6. The Morgan fingerprint density at radius 1 is 0.967 bits per heavy atom. The quantitative estimate of drug-likeness (QED) is 0.532. The minimum absolute atomic E-state index is 0.0875. The average Bonchev–Trinajstić information content (AvgIpc) is 2.79. The van der Waals surface area contributed by atoms with E-state index in [4.69, 9.17) is 0 Å². The summed E-state index contributed by atoms with van der Waals surface area (Å²) in [5.74, 6) is -0.369. The zero-order valence-corrected chi connectivity index (χ0v) is 17.2. The molecule has 1 amide bonds. The van der Waals surface area contributed by atoms with Crippen LogP contribution in [0.5, 0.6) is 0 Å². The summed E-state index contributed by atoms with van der Waals surface area (Å²) in [6.07, 6.45) is 7.75. The van der Waals surface area contributed by atoms with Gasteiger partial charge in [-0.05, 0) is 23.6 Å². The molecule has 0 atom stereocenters. The second-order valence-electron chi connectivity index (χ2n) is 6.85. The Morgan fingerprint density at radius 3 is 2.50 bits per heavy atom. The van der Waals surface area contributed by atoms with Crippen molar-refractivity contribution in [3.05, 3.63) is 72.1 Å². The maximum absolute atomic E-state index is 12.5. The molecule has 0 aliphatic rings. The van der Waals surface area contributed by atoms with E-state index in [0.717, 1.165) is 23.1 Å². The molecular formula is C23H25N5O2. The molecule has 1 aromatic carbocycles. The number of carbonyl (C=O) groups is 2. The number of aryl methyl sites for hydroxylation is 1. The van der Waals surface area contributed by atoms with Gasteiger partial charge in [-0.15, -0.1) is 0 Å². The number of ketones is 1. The van der Waals surface area contributed by atoms with Gasteiger partial charge in [-0.1, -0.05) is 38.1 Å². The highest BCUT2D eigenvalue weighted by molar-refractivity contribution is 6.04. The number of nitrogens with one attached hydrogen (secondary N) is 2. The summed E-state index contributed by atoms with van der Waals surface area (Å²) in [6.45, 7) is 4.43. The SMILES string of the molecule is CCC(=O)c1ncc(-c2cccc(CC)c2)cc1NC(=O)CNCc1cncnc1. The number of nitrogens with zero attached hydrogens (tertiary/aromatic N) is 3. The molecule has 30 heavy (non-hydrogen) atoms. The lowest BCUT2D eigenvalue weighted by Crippen LogP contribution is -2.28. The molecule has 0 saturated carbocycles. The van der Waals surface area contributed by atoms with Gasteiger partial charge in [0.1, 0.15) is 12.0 Å². The molecule has 0 saturated heterocycles. The molecule has 2 aromatic heterocycles. The summed E-state index contributed by atoms with van der Waals surface area (Å²) in [6, 6.07) is 9.96. The highest BCUT2D eigenvalue weighted by Crippen LogP contribution is 2.26. The molecule has 0 unspecified atom stereocenters. The second-order valence-corrected chi connectivity index (χ2v) is 6.85. The van der Waals surface area contributed by atoms with Crippen molar-refractivity contribution in [2.45, 2.75) is 33.2 Å². The van der Waals surface area contributed by atoms with E-state index in [0.29, 0.717) is 18.7 Å². The van der Waals surface area contributed by atoms with E-state index in [2.05, 4.69) is 44.6 Å². The predicted octanol–water partition coefficient (Wildman–Crippen LogP) is 3.42. The topological polar surface area (TPSA) is 96.9 Å². The van der Waals surface area contributed by atoms with Crippen LogP contribution in [0.3, 0.4) is 0 Å². The number of aromatic nitrogens is 3. The summed E-state index contributed by atoms with van der Waals surface area (Å²) in [4.78, 5) is 37.0. The number of pyridine rings is 1. The molecule has 2 N–H and O–H groups in total. The lowest BCUT2D eigenvalue weighted by atomic mass is 10.0. The van der Waals surface area contributed by atoms with Crippen LogP contribution in [0.25, 0.3) is 11.1 Å². The molecule has 154 valence electrons. The molecule has 0 bridgehead atoms. The number of benzene rings is 1. The largest absolute Gasteiger partial charge is 0.323 e. The van der Waals surface area contributed by atoms with Crippen LogP contribution in [0.15, 0.2) is 55.2 Å². The van der Waals surface area contributed by atoms with Crippen LogP contribution >= 0.6 is 0 Å². The summed E-state index contributed by atoms with van der Waals surface area (Å²) >= 11 is 0. The zero-order valence-electron chi connectivity index (χ0n) is 17.2. The van der Waals surface area contributed by atoms with E-state index in [1.807, 2.05) is 18.2 Å². The van der Waals surface area contributed by atoms with E-state index in [1.165, 1.54) is 11.9 Å². The monoisotopic (exact) mass is 403 g/mol. The Bertz CT molecular complexity index is 1020. The van der Waals surface area contributed by atoms with Crippen LogP contribution in [0.4, 0.5) is 5.69 Å². The van der Waals surface area contributed by atoms with Crippen LogP contribution in [0.2, 0.25) is 0 Å². The fourth-order valence-corrected chi connectivity index (χ4v) is 3.01. The second kappa shape index (κ2) is 10.4. The van der Waals surface area contributed by atoms with Crippen molar-refractivity contribution in [2.75, 3.05) is 11.9 Å². The van der Waals surface area contributed by atoms with E-state index >= 15 is 0 Å². The number of hydrogen-bond acceptors (Lipinski definition) is 6. The minimum atomic E-state index is -0.252. The van der Waals surface area contributed by atoms with E-state index in [1.54, 1.807) is 25.5 Å². The predicted molar refractivity (Wildman–Crippen MR) is 116 cm³/mol. The molecule has 3 aromatic rings. The minimum Gasteiger partial charge on any atom is -0.323 e. The maximum atomic E-state index is 12.5. The number of amides is 1. The molecule has 7 heteroatoms. The zero-order chi connectivity index (χ0) is 21.3. The normalized spacial score (nSPS) is 10.6. The van der Waals surface area contributed by atoms with Crippen molar-refractivity contribution < 1.29 is 9.59 Å². The van der Waals surface area contributed by atoms with Gasteiger partial charge in [0, 0.05) is 42.7 Å². The van der Waals surface area contributed by atoms with Crippen molar-refractivity contribution in [2.24, 2.45) is 0 Å². The summed E-state index contributed by atoms with van der Waals surface area (Å²) in [5.41, 5.74) is 4.64. The smallest absolute Gasteiger partial charge is 0.238 e. The molecule has 0 fully saturated rings. The van der Waals surface area contributed by atoms with E-state index in [-0.39, 0.29) is 23.9 Å². The Morgan fingerprint density at radius 2 is 1.77 bits per heavy atom. The Balaban J connectivity index is 1.76. The number of Topliss-reactive ketones (excluding diaryl/α,β-unsaturated/α-hetero) is 1. The van der Waals surface area contributed by atoms with Crippen LogP contribution < -0.4 is 10.6 Å². The van der Waals surface area contributed by atoms with Gasteiger partial charge >= 0.3 is 0 Å². The number of rotatable bonds is 9. The summed E-state index contributed by atoms with van der Waals surface area (Å²) in [5, 5.41) is 5.88. The number of hydrogen-bond donors (Lipinski definition) is 2. The first-order valence-corrected chi connectivity index (χ1v) is 9.97. The molecule has 3 rings (SSSR count). The van der Waals surface area contributed by atoms with Crippen molar-refractivity contribution in [1.82, 2.24) is 20.3 Å². The van der Waals surface area contributed by atoms with Gasteiger partial charge < -0.3 is 10.6 Å². The van der Waals surface area contributed by atoms with E-state index in [9.17, 15) is 9.59 Å². The summed E-state index contributed by atoms with van der Waals surface area (Å²) in [7, 11) is 0. The molecule has 0 spiro atoms. The van der Waals surface area contributed by atoms with Crippen LogP contribution in [0, 0.1) is 0 Å². The molecule has 0 radical (unpaired) electrons. The lowest BCUT2D eigenvalue weighted by molar-refractivity contribution is -0.115. The number of anilines is 1. The van der Waals surface area contributed by atoms with Gasteiger partial charge in [-0.25, -0.2) is 9.97 Å². The molecule has 0 aliphatic carbocycles.